The van der Waals surface area contributed by atoms with Crippen LogP contribution < -0.4 is 4.74 Å². The molecular formula is C18H20FNO3. The highest BCUT2D eigenvalue weighted by atomic mass is 19.1. The van der Waals surface area contributed by atoms with E-state index >= 15 is 0 Å². The molecule has 2 rings (SSSR count). The van der Waals surface area contributed by atoms with Gasteiger partial charge in [0.2, 0.25) is 0 Å². The number of aliphatic hydroxyl groups is 1. The lowest BCUT2D eigenvalue weighted by Gasteiger charge is -2.16. The number of hydrogen-bond acceptors (Lipinski definition) is 3. The Balaban J connectivity index is 2.04. The first-order valence-corrected chi connectivity index (χ1v) is 7.43. The van der Waals surface area contributed by atoms with Gasteiger partial charge in [-0.25, -0.2) is 4.39 Å². The van der Waals surface area contributed by atoms with Crippen molar-refractivity contribution in [3.8, 4) is 5.75 Å². The SMILES string of the molecule is CCN(C)C(=O)c1cccc(OCC(O)c2ccccc2F)c1. The second-order valence-electron chi connectivity index (χ2n) is 5.20. The zero-order valence-corrected chi connectivity index (χ0v) is 13.2. The molecule has 0 heterocycles. The molecule has 1 N–H and O–H groups in total. The first-order chi connectivity index (χ1) is 11.0. The molecule has 0 aliphatic heterocycles. The quantitative estimate of drug-likeness (QED) is 0.891. The van der Waals surface area contributed by atoms with Crippen LogP contribution in [-0.2, 0) is 0 Å². The molecule has 0 aromatic heterocycles. The number of nitrogens with zero attached hydrogens (tertiary/aromatic N) is 1. The predicted molar refractivity (Wildman–Crippen MR) is 85.9 cm³/mol. The monoisotopic (exact) mass is 317 g/mol. The Kier molecular flexibility index (Phi) is 5.71. The Bertz CT molecular complexity index is 675. The molecule has 0 saturated heterocycles. The molecule has 0 fully saturated rings. The van der Waals surface area contributed by atoms with Crippen LogP contribution in [0.2, 0.25) is 0 Å². The van der Waals surface area contributed by atoms with E-state index in [0.29, 0.717) is 17.9 Å². The summed E-state index contributed by atoms with van der Waals surface area (Å²) in [4.78, 5) is 13.7. The molecule has 0 bridgehead atoms. The number of ether oxygens (including phenoxy) is 1. The van der Waals surface area contributed by atoms with Gasteiger partial charge in [0.25, 0.3) is 5.91 Å². The minimum atomic E-state index is -1.08. The smallest absolute Gasteiger partial charge is 0.253 e. The van der Waals surface area contributed by atoms with Crippen LogP contribution in [0.4, 0.5) is 4.39 Å². The van der Waals surface area contributed by atoms with E-state index < -0.39 is 11.9 Å². The van der Waals surface area contributed by atoms with E-state index in [4.69, 9.17) is 4.74 Å². The van der Waals surface area contributed by atoms with Crippen LogP contribution in [0.5, 0.6) is 5.75 Å². The Labute approximate surface area is 135 Å². The largest absolute Gasteiger partial charge is 0.491 e. The first-order valence-electron chi connectivity index (χ1n) is 7.43. The fraction of sp³-hybridized carbons (Fsp3) is 0.278. The minimum absolute atomic E-state index is 0.0950. The zero-order chi connectivity index (χ0) is 16.8. The average Bonchev–Trinajstić information content (AvgIpc) is 2.59. The lowest BCUT2D eigenvalue weighted by atomic mass is 10.1. The lowest BCUT2D eigenvalue weighted by molar-refractivity contribution is 0.0801. The van der Waals surface area contributed by atoms with Gasteiger partial charge in [0, 0.05) is 24.7 Å². The standard InChI is InChI=1S/C18H20FNO3/c1-3-20(2)18(22)13-7-6-8-14(11-13)23-12-17(21)15-9-4-5-10-16(15)19/h4-11,17,21H,3,12H2,1-2H3. The molecule has 4 nitrogen and oxygen atoms in total. The molecule has 1 unspecified atom stereocenters. The molecule has 0 saturated carbocycles. The maximum absolute atomic E-state index is 13.6. The van der Waals surface area contributed by atoms with Crippen molar-refractivity contribution in [2.24, 2.45) is 0 Å². The van der Waals surface area contributed by atoms with Crippen molar-refractivity contribution >= 4 is 5.91 Å². The molecule has 1 amide bonds. The fourth-order valence-corrected chi connectivity index (χ4v) is 2.09. The van der Waals surface area contributed by atoms with Crippen LogP contribution >= 0.6 is 0 Å². The lowest BCUT2D eigenvalue weighted by Crippen LogP contribution is -2.26. The van der Waals surface area contributed by atoms with E-state index in [1.54, 1.807) is 48.3 Å². The summed E-state index contributed by atoms with van der Waals surface area (Å²) in [5.41, 5.74) is 0.692. The third-order valence-corrected chi connectivity index (χ3v) is 3.57. The molecular weight excluding hydrogens is 297 g/mol. The van der Waals surface area contributed by atoms with Crippen LogP contribution in [0.3, 0.4) is 0 Å². The number of carbonyl (C=O) groups excluding carboxylic acids is 1. The number of carbonyl (C=O) groups is 1. The van der Waals surface area contributed by atoms with Crippen molar-refractivity contribution in [3.63, 3.8) is 0 Å². The Morgan fingerprint density at radius 1 is 1.26 bits per heavy atom. The Hall–Kier alpha value is -2.40. The topological polar surface area (TPSA) is 49.8 Å². The molecule has 23 heavy (non-hydrogen) atoms. The van der Waals surface area contributed by atoms with Gasteiger partial charge in [-0.05, 0) is 31.2 Å². The van der Waals surface area contributed by atoms with Crippen LogP contribution in [0.1, 0.15) is 28.9 Å². The van der Waals surface area contributed by atoms with E-state index in [1.165, 1.54) is 12.1 Å². The summed E-state index contributed by atoms with van der Waals surface area (Å²) in [6.45, 7) is 2.40. The van der Waals surface area contributed by atoms with E-state index in [-0.39, 0.29) is 18.1 Å². The zero-order valence-electron chi connectivity index (χ0n) is 13.2. The summed E-state index contributed by atoms with van der Waals surface area (Å²) in [6.07, 6.45) is -1.08. The molecule has 0 aliphatic rings. The highest BCUT2D eigenvalue weighted by Crippen LogP contribution is 2.20. The van der Waals surface area contributed by atoms with Crippen molar-refractivity contribution in [2.45, 2.75) is 13.0 Å². The second-order valence-corrected chi connectivity index (χ2v) is 5.20. The molecule has 1 atom stereocenters. The average molecular weight is 317 g/mol. The van der Waals surface area contributed by atoms with Gasteiger partial charge in [-0.3, -0.25) is 4.79 Å². The van der Waals surface area contributed by atoms with Gasteiger partial charge >= 0.3 is 0 Å². The van der Waals surface area contributed by atoms with Crippen LogP contribution in [-0.4, -0.2) is 36.1 Å². The van der Waals surface area contributed by atoms with E-state index in [9.17, 15) is 14.3 Å². The minimum Gasteiger partial charge on any atom is -0.491 e. The normalized spacial score (nSPS) is 11.8. The number of aliphatic hydroxyl groups excluding tert-OH is 1. The molecule has 5 heteroatoms. The maximum atomic E-state index is 13.6. The van der Waals surface area contributed by atoms with Gasteiger partial charge in [0.05, 0.1) is 0 Å². The number of benzene rings is 2. The van der Waals surface area contributed by atoms with Gasteiger partial charge in [-0.15, -0.1) is 0 Å². The number of hydrogen-bond donors (Lipinski definition) is 1. The number of halogens is 1. The van der Waals surface area contributed by atoms with Crippen LogP contribution in [0.25, 0.3) is 0 Å². The van der Waals surface area contributed by atoms with E-state index in [0.717, 1.165) is 0 Å². The molecule has 0 spiro atoms. The van der Waals surface area contributed by atoms with Crippen molar-refractivity contribution in [1.82, 2.24) is 4.90 Å². The predicted octanol–water partition coefficient (Wildman–Crippen LogP) is 3.03. The highest BCUT2D eigenvalue weighted by molar-refractivity contribution is 5.94. The molecule has 0 aliphatic carbocycles. The van der Waals surface area contributed by atoms with Crippen molar-refractivity contribution < 1.29 is 19.0 Å². The van der Waals surface area contributed by atoms with E-state index in [1.807, 2.05) is 6.92 Å². The Morgan fingerprint density at radius 2 is 2.00 bits per heavy atom. The summed E-state index contributed by atoms with van der Waals surface area (Å²) >= 11 is 0. The second kappa shape index (κ2) is 7.74. The molecule has 2 aromatic rings. The number of rotatable bonds is 6. The summed E-state index contributed by atoms with van der Waals surface area (Å²) in [6, 6.07) is 12.7. The van der Waals surface area contributed by atoms with Crippen molar-refractivity contribution in [2.75, 3.05) is 20.2 Å². The van der Waals surface area contributed by atoms with Gasteiger partial charge in [0.15, 0.2) is 0 Å². The number of amides is 1. The summed E-state index contributed by atoms with van der Waals surface area (Å²) < 4.78 is 19.1. The molecule has 122 valence electrons. The maximum Gasteiger partial charge on any atom is 0.253 e. The van der Waals surface area contributed by atoms with Gasteiger partial charge in [-0.2, -0.15) is 0 Å². The summed E-state index contributed by atoms with van der Waals surface area (Å²) in [5, 5.41) is 10.0. The molecule has 0 radical (unpaired) electrons. The highest BCUT2D eigenvalue weighted by Gasteiger charge is 2.14. The van der Waals surface area contributed by atoms with E-state index in [2.05, 4.69) is 0 Å². The van der Waals surface area contributed by atoms with Crippen molar-refractivity contribution in [3.05, 3.63) is 65.5 Å². The van der Waals surface area contributed by atoms with Gasteiger partial charge in [0.1, 0.15) is 24.3 Å². The third-order valence-electron chi connectivity index (χ3n) is 3.57. The van der Waals surface area contributed by atoms with Crippen molar-refractivity contribution in [1.29, 1.82) is 0 Å². The summed E-state index contributed by atoms with van der Waals surface area (Å²) in [5.74, 6) is -0.125. The Morgan fingerprint density at radius 3 is 2.70 bits per heavy atom. The van der Waals surface area contributed by atoms with Crippen LogP contribution in [0.15, 0.2) is 48.5 Å². The first kappa shape index (κ1) is 17.0. The fourth-order valence-electron chi connectivity index (χ4n) is 2.09. The third kappa shape index (κ3) is 4.29. The van der Waals surface area contributed by atoms with Gasteiger partial charge < -0.3 is 14.7 Å². The summed E-state index contributed by atoms with van der Waals surface area (Å²) in [7, 11) is 1.72. The van der Waals surface area contributed by atoms with Crippen LogP contribution in [0, 0.1) is 5.82 Å². The van der Waals surface area contributed by atoms with Gasteiger partial charge in [-0.1, -0.05) is 24.3 Å². The molecule has 2 aromatic carbocycles.